The van der Waals surface area contributed by atoms with Crippen LogP contribution < -0.4 is 0 Å². The van der Waals surface area contributed by atoms with Gasteiger partial charge in [0.15, 0.2) is 0 Å². The molecule has 1 aromatic carbocycles. The fraction of sp³-hybridized carbons (Fsp3) is 0.467. The molecule has 2 rings (SSSR count). The normalized spacial score (nSPS) is 27.4. The van der Waals surface area contributed by atoms with E-state index in [0.29, 0.717) is 5.33 Å². The molecule has 1 aliphatic rings. The summed E-state index contributed by atoms with van der Waals surface area (Å²) in [6.07, 6.45) is -0.284. The van der Waals surface area contributed by atoms with Crippen LogP contribution in [0, 0.1) is 5.41 Å². The third-order valence-corrected chi connectivity index (χ3v) is 5.16. The topological polar surface area (TPSA) is 0 Å². The van der Waals surface area contributed by atoms with Gasteiger partial charge >= 0.3 is 0 Å². The summed E-state index contributed by atoms with van der Waals surface area (Å²) in [6, 6.07) is 9.77. The van der Waals surface area contributed by atoms with Crippen molar-refractivity contribution in [2.45, 2.75) is 31.8 Å². The molecule has 98 valence electrons. The van der Waals surface area contributed by atoms with E-state index in [2.05, 4.69) is 15.9 Å². The Morgan fingerprint density at radius 1 is 1.33 bits per heavy atom. The van der Waals surface area contributed by atoms with E-state index in [4.69, 9.17) is 11.6 Å². The number of hydrogen-bond acceptors (Lipinski definition) is 0. The molecule has 0 saturated carbocycles. The highest BCUT2D eigenvalue weighted by Gasteiger charge is 2.44. The maximum Gasteiger partial charge on any atom is 0.132 e. The first-order chi connectivity index (χ1) is 8.48. The Morgan fingerprint density at radius 2 is 1.94 bits per heavy atom. The van der Waals surface area contributed by atoms with E-state index in [1.165, 1.54) is 0 Å². The molecule has 1 aliphatic carbocycles. The van der Waals surface area contributed by atoms with Crippen molar-refractivity contribution in [2.24, 2.45) is 5.41 Å². The van der Waals surface area contributed by atoms with Gasteiger partial charge in [0.2, 0.25) is 0 Å². The monoisotopic (exact) mass is 330 g/mol. The van der Waals surface area contributed by atoms with Gasteiger partial charge < -0.3 is 0 Å². The second kappa shape index (κ2) is 5.34. The highest BCUT2D eigenvalue weighted by atomic mass is 79.9. The average molecular weight is 332 g/mol. The molecule has 0 radical (unpaired) electrons. The fourth-order valence-electron chi connectivity index (χ4n) is 2.39. The molecule has 3 heteroatoms. The summed E-state index contributed by atoms with van der Waals surface area (Å²) in [7, 11) is 0. The summed E-state index contributed by atoms with van der Waals surface area (Å²) in [5, 5.41) is 0.518. The molecule has 0 saturated heterocycles. The maximum atomic E-state index is 14.8. The smallest absolute Gasteiger partial charge is 0.132 e. The Kier molecular flexibility index (Phi) is 4.18. The number of benzene rings is 1. The maximum absolute atomic E-state index is 14.8. The number of halogens is 3. The zero-order valence-corrected chi connectivity index (χ0v) is 12.9. The van der Waals surface area contributed by atoms with Crippen LogP contribution >= 0.6 is 27.5 Å². The average Bonchev–Trinajstić information content (AvgIpc) is 2.37. The van der Waals surface area contributed by atoms with E-state index in [1.807, 2.05) is 44.2 Å². The lowest BCUT2D eigenvalue weighted by Crippen LogP contribution is -2.40. The molecule has 0 heterocycles. The Labute approximate surface area is 121 Å². The molecule has 0 nitrogen and oxygen atoms in total. The zero-order valence-electron chi connectivity index (χ0n) is 10.6. The molecule has 2 unspecified atom stereocenters. The van der Waals surface area contributed by atoms with Gasteiger partial charge in [-0.15, -0.1) is 11.6 Å². The Balaban J connectivity index is 2.53. The lowest BCUT2D eigenvalue weighted by Gasteiger charge is -2.40. The molecule has 0 amide bonds. The van der Waals surface area contributed by atoms with Crippen molar-refractivity contribution in [3.8, 4) is 0 Å². The molecule has 0 aliphatic heterocycles. The van der Waals surface area contributed by atoms with E-state index < -0.39 is 11.6 Å². The molecule has 2 atom stereocenters. The predicted octanol–water partition coefficient (Wildman–Crippen LogP) is 5.21. The minimum Gasteiger partial charge on any atom is -0.242 e. The minimum absolute atomic E-state index is 0.160. The van der Waals surface area contributed by atoms with Gasteiger partial charge in [-0.05, 0) is 17.6 Å². The van der Waals surface area contributed by atoms with E-state index in [0.717, 1.165) is 23.1 Å². The van der Waals surface area contributed by atoms with Crippen molar-refractivity contribution in [1.82, 2.24) is 0 Å². The first kappa shape index (κ1) is 14.1. The van der Waals surface area contributed by atoms with Gasteiger partial charge in [0, 0.05) is 16.1 Å². The fourth-order valence-corrected chi connectivity index (χ4v) is 3.22. The Bertz CT molecular complexity index is 453. The Hall–Kier alpha value is -0.340. The molecule has 1 aromatic rings. The number of allylic oxidation sites excluding steroid dienone is 2. The van der Waals surface area contributed by atoms with E-state index in [9.17, 15) is 4.39 Å². The van der Waals surface area contributed by atoms with Crippen molar-refractivity contribution in [3.63, 3.8) is 0 Å². The lowest BCUT2D eigenvalue weighted by atomic mass is 9.71. The zero-order chi connectivity index (χ0) is 13.3. The highest BCUT2D eigenvalue weighted by Crippen LogP contribution is 2.47. The highest BCUT2D eigenvalue weighted by molar-refractivity contribution is 9.09. The van der Waals surface area contributed by atoms with Crippen molar-refractivity contribution >= 4 is 33.1 Å². The quantitative estimate of drug-likeness (QED) is 0.653. The van der Waals surface area contributed by atoms with Gasteiger partial charge in [0.1, 0.15) is 6.17 Å². The molecule has 0 spiro atoms. The van der Waals surface area contributed by atoms with Crippen LogP contribution in [-0.2, 0) is 0 Å². The summed E-state index contributed by atoms with van der Waals surface area (Å²) in [5.41, 5.74) is 2.33. The first-order valence-electron chi connectivity index (χ1n) is 6.10. The predicted molar refractivity (Wildman–Crippen MR) is 80.1 cm³/mol. The lowest BCUT2D eigenvalue weighted by molar-refractivity contribution is 0.177. The molecular formula is C15H17BrClF. The third-order valence-electron chi connectivity index (χ3n) is 3.77. The summed E-state index contributed by atoms with van der Waals surface area (Å²) >= 11 is 9.79. The van der Waals surface area contributed by atoms with Crippen LogP contribution in [0.15, 0.2) is 35.9 Å². The number of rotatable bonds is 2. The standard InChI is InChI=1S/C15H17BrClF/c1-15(2)12(17)8-11(9-16)13(14(15)18)10-6-4-3-5-7-10/h3-7,12,14H,8-9H2,1-2H3. The Morgan fingerprint density at radius 3 is 2.50 bits per heavy atom. The minimum atomic E-state index is -1.02. The number of hydrogen-bond donors (Lipinski definition) is 0. The van der Waals surface area contributed by atoms with Gasteiger partial charge in [-0.25, -0.2) is 4.39 Å². The van der Waals surface area contributed by atoms with Gasteiger partial charge in [-0.1, -0.05) is 65.7 Å². The van der Waals surface area contributed by atoms with Crippen molar-refractivity contribution < 1.29 is 4.39 Å². The first-order valence-corrected chi connectivity index (χ1v) is 7.65. The summed E-state index contributed by atoms with van der Waals surface area (Å²) in [5.74, 6) is 0. The van der Waals surface area contributed by atoms with Crippen molar-refractivity contribution in [1.29, 1.82) is 0 Å². The van der Waals surface area contributed by atoms with Gasteiger partial charge in [-0.2, -0.15) is 0 Å². The van der Waals surface area contributed by atoms with Crippen LogP contribution in [0.25, 0.3) is 5.57 Å². The SMILES string of the molecule is CC1(C)C(Cl)CC(CBr)=C(c2ccccc2)C1F. The van der Waals surface area contributed by atoms with Crippen molar-refractivity contribution in [2.75, 3.05) is 5.33 Å². The second-order valence-electron chi connectivity index (χ2n) is 5.37. The second-order valence-corrected chi connectivity index (χ2v) is 6.46. The van der Waals surface area contributed by atoms with Crippen LogP contribution in [0.3, 0.4) is 0 Å². The van der Waals surface area contributed by atoms with Crippen LogP contribution in [0.1, 0.15) is 25.8 Å². The van der Waals surface area contributed by atoms with E-state index in [-0.39, 0.29) is 5.38 Å². The summed E-state index contributed by atoms with van der Waals surface area (Å²) < 4.78 is 14.8. The molecular weight excluding hydrogens is 315 g/mol. The summed E-state index contributed by atoms with van der Waals surface area (Å²) in [6.45, 7) is 3.81. The van der Waals surface area contributed by atoms with Gasteiger partial charge in [0.05, 0.1) is 0 Å². The molecule has 0 N–H and O–H groups in total. The van der Waals surface area contributed by atoms with Crippen LogP contribution in [-0.4, -0.2) is 16.9 Å². The van der Waals surface area contributed by atoms with Crippen molar-refractivity contribution in [3.05, 3.63) is 41.5 Å². The molecule has 0 aromatic heterocycles. The molecule has 0 bridgehead atoms. The number of alkyl halides is 3. The third kappa shape index (κ3) is 2.37. The van der Waals surface area contributed by atoms with Crippen LogP contribution in [0.2, 0.25) is 0 Å². The molecule has 18 heavy (non-hydrogen) atoms. The van der Waals surface area contributed by atoms with Crippen LogP contribution in [0.4, 0.5) is 4.39 Å². The van der Waals surface area contributed by atoms with Gasteiger partial charge in [-0.3, -0.25) is 0 Å². The summed E-state index contributed by atoms with van der Waals surface area (Å²) in [4.78, 5) is 0. The molecule has 0 fully saturated rings. The van der Waals surface area contributed by atoms with E-state index in [1.54, 1.807) is 0 Å². The van der Waals surface area contributed by atoms with Crippen LogP contribution in [0.5, 0.6) is 0 Å². The van der Waals surface area contributed by atoms with E-state index >= 15 is 0 Å². The van der Waals surface area contributed by atoms with Gasteiger partial charge in [0.25, 0.3) is 0 Å². The largest absolute Gasteiger partial charge is 0.242 e.